The normalized spacial score (nSPS) is 9.90. The van der Waals surface area contributed by atoms with Crippen LogP contribution in [0.5, 0.6) is 5.88 Å². The van der Waals surface area contributed by atoms with Crippen molar-refractivity contribution in [2.24, 2.45) is 0 Å². The molecule has 0 radical (unpaired) electrons. The van der Waals surface area contributed by atoms with Crippen molar-refractivity contribution in [3.63, 3.8) is 0 Å². The molecule has 0 saturated carbocycles. The molecule has 0 spiro atoms. The molecule has 1 aromatic heterocycles. The predicted molar refractivity (Wildman–Crippen MR) is 35.8 cm³/mol. The minimum atomic E-state index is -0.0362. The molecule has 1 heterocycles. The van der Waals surface area contributed by atoms with Crippen molar-refractivity contribution in [1.82, 2.24) is 10.2 Å². The molecule has 4 heteroatoms. The molecule has 0 aromatic carbocycles. The Balaban J connectivity index is 3.01. The summed E-state index contributed by atoms with van der Waals surface area (Å²) >= 11 is 0. The van der Waals surface area contributed by atoms with Crippen LogP contribution in [0.25, 0.3) is 0 Å². The Labute approximate surface area is 58.8 Å². The Hall–Kier alpha value is -1.03. The van der Waals surface area contributed by atoms with Gasteiger partial charge >= 0.3 is 0 Å². The number of aromatic amines is 1. The maximum atomic E-state index is 8.78. The fourth-order valence-electron chi connectivity index (χ4n) is 0.785. The van der Waals surface area contributed by atoms with Gasteiger partial charge in [0.2, 0.25) is 5.88 Å². The molecule has 0 fully saturated rings. The van der Waals surface area contributed by atoms with E-state index in [1.54, 1.807) is 0 Å². The summed E-state index contributed by atoms with van der Waals surface area (Å²) in [6.45, 7) is 1.80. The van der Waals surface area contributed by atoms with E-state index in [-0.39, 0.29) is 6.61 Å². The van der Waals surface area contributed by atoms with Crippen LogP contribution in [0.2, 0.25) is 0 Å². The van der Waals surface area contributed by atoms with Crippen LogP contribution in [-0.4, -0.2) is 22.4 Å². The molecule has 56 valence electrons. The molecule has 1 aromatic rings. The second-order valence-electron chi connectivity index (χ2n) is 1.99. The first-order chi connectivity index (χ1) is 4.79. The molecule has 10 heavy (non-hydrogen) atoms. The Morgan fingerprint density at radius 3 is 2.80 bits per heavy atom. The maximum absolute atomic E-state index is 8.78. The van der Waals surface area contributed by atoms with Crippen molar-refractivity contribution < 1.29 is 9.84 Å². The summed E-state index contributed by atoms with van der Waals surface area (Å²) in [4.78, 5) is 0. The zero-order valence-electron chi connectivity index (χ0n) is 6.01. The molecule has 0 unspecified atom stereocenters. The summed E-state index contributed by atoms with van der Waals surface area (Å²) in [6.07, 6.45) is 0. The Morgan fingerprint density at radius 1 is 1.70 bits per heavy atom. The van der Waals surface area contributed by atoms with E-state index in [0.29, 0.717) is 5.88 Å². The van der Waals surface area contributed by atoms with Crippen LogP contribution in [0.1, 0.15) is 11.3 Å². The van der Waals surface area contributed by atoms with E-state index >= 15 is 0 Å². The van der Waals surface area contributed by atoms with Gasteiger partial charge in [-0.3, -0.25) is 5.10 Å². The monoisotopic (exact) mass is 142 g/mol. The number of aliphatic hydroxyl groups is 1. The van der Waals surface area contributed by atoms with Gasteiger partial charge in [0.25, 0.3) is 0 Å². The summed E-state index contributed by atoms with van der Waals surface area (Å²) < 4.78 is 4.85. The fraction of sp³-hybridized carbons (Fsp3) is 0.500. The van der Waals surface area contributed by atoms with E-state index < -0.39 is 0 Å². The molecule has 1 rings (SSSR count). The fourth-order valence-corrected chi connectivity index (χ4v) is 0.785. The number of methoxy groups -OCH3 is 1. The van der Waals surface area contributed by atoms with Crippen LogP contribution in [0.15, 0.2) is 0 Å². The largest absolute Gasteiger partial charge is 0.480 e. The highest BCUT2D eigenvalue weighted by atomic mass is 16.5. The molecule has 0 aliphatic heterocycles. The van der Waals surface area contributed by atoms with Crippen LogP contribution in [0.3, 0.4) is 0 Å². The highest BCUT2D eigenvalue weighted by Crippen LogP contribution is 2.16. The van der Waals surface area contributed by atoms with Gasteiger partial charge in [-0.25, -0.2) is 0 Å². The molecule has 2 N–H and O–H groups in total. The second kappa shape index (κ2) is 2.70. The van der Waals surface area contributed by atoms with Crippen LogP contribution in [0.4, 0.5) is 0 Å². The first-order valence-electron chi connectivity index (χ1n) is 2.98. The first kappa shape index (κ1) is 7.08. The zero-order valence-corrected chi connectivity index (χ0v) is 6.01. The minimum absolute atomic E-state index is 0.0362. The van der Waals surface area contributed by atoms with Gasteiger partial charge in [-0.1, -0.05) is 0 Å². The number of H-pyrrole nitrogens is 1. The van der Waals surface area contributed by atoms with Crippen LogP contribution in [0, 0.1) is 6.92 Å². The number of hydrogen-bond donors (Lipinski definition) is 2. The third-order valence-corrected chi connectivity index (χ3v) is 1.39. The van der Waals surface area contributed by atoms with Gasteiger partial charge in [0.1, 0.15) is 0 Å². The predicted octanol–water partition coefficient (Wildman–Crippen LogP) is 0.219. The SMILES string of the molecule is COc1n[nH]c(C)c1CO. The lowest BCUT2D eigenvalue weighted by Gasteiger charge is -1.95. The number of nitrogens with zero attached hydrogens (tertiary/aromatic N) is 1. The van der Waals surface area contributed by atoms with Crippen molar-refractivity contribution in [1.29, 1.82) is 0 Å². The van der Waals surface area contributed by atoms with Crippen LogP contribution in [-0.2, 0) is 6.61 Å². The Bertz CT molecular complexity index is 220. The van der Waals surface area contributed by atoms with Crippen LogP contribution < -0.4 is 4.74 Å². The average Bonchev–Trinajstić information content (AvgIpc) is 2.30. The van der Waals surface area contributed by atoms with Gasteiger partial charge in [0.05, 0.1) is 19.3 Å². The van der Waals surface area contributed by atoms with E-state index in [1.807, 2.05) is 6.92 Å². The first-order valence-corrected chi connectivity index (χ1v) is 2.98. The third kappa shape index (κ3) is 0.974. The summed E-state index contributed by atoms with van der Waals surface area (Å²) in [5.74, 6) is 0.472. The molecular weight excluding hydrogens is 132 g/mol. The minimum Gasteiger partial charge on any atom is -0.480 e. The van der Waals surface area contributed by atoms with Crippen LogP contribution >= 0.6 is 0 Å². The van der Waals surface area contributed by atoms with Crippen molar-refractivity contribution in [3.05, 3.63) is 11.3 Å². The number of nitrogens with one attached hydrogen (secondary N) is 1. The number of aliphatic hydroxyl groups excluding tert-OH is 1. The standard InChI is InChI=1S/C6H10N2O2/c1-4-5(3-9)6(10-2)8-7-4/h9H,3H2,1-2H3,(H,7,8). The number of aryl methyl sites for hydroxylation is 1. The van der Waals surface area contributed by atoms with E-state index in [4.69, 9.17) is 9.84 Å². The molecule has 0 aliphatic carbocycles. The van der Waals surface area contributed by atoms with Crippen molar-refractivity contribution in [2.45, 2.75) is 13.5 Å². The van der Waals surface area contributed by atoms with Crippen molar-refractivity contribution >= 4 is 0 Å². The topological polar surface area (TPSA) is 58.1 Å². The zero-order chi connectivity index (χ0) is 7.56. The van der Waals surface area contributed by atoms with E-state index in [1.165, 1.54) is 7.11 Å². The quantitative estimate of drug-likeness (QED) is 0.621. The lowest BCUT2D eigenvalue weighted by Crippen LogP contribution is -1.89. The summed E-state index contributed by atoms with van der Waals surface area (Å²) in [6, 6.07) is 0. The van der Waals surface area contributed by atoms with Gasteiger partial charge in [-0.15, -0.1) is 5.10 Å². The summed E-state index contributed by atoms with van der Waals surface area (Å²) in [7, 11) is 1.52. The molecular formula is C6H10N2O2. The van der Waals surface area contributed by atoms with Gasteiger partial charge in [-0.05, 0) is 6.92 Å². The molecule has 0 bridgehead atoms. The summed E-state index contributed by atoms with van der Waals surface area (Å²) in [5.41, 5.74) is 1.57. The molecule has 0 atom stereocenters. The van der Waals surface area contributed by atoms with E-state index in [2.05, 4.69) is 10.2 Å². The molecule has 0 saturated heterocycles. The second-order valence-corrected chi connectivity index (χ2v) is 1.99. The van der Waals surface area contributed by atoms with Gasteiger partial charge in [-0.2, -0.15) is 0 Å². The van der Waals surface area contributed by atoms with Crippen molar-refractivity contribution in [3.8, 4) is 5.88 Å². The number of aromatic nitrogens is 2. The van der Waals surface area contributed by atoms with E-state index in [9.17, 15) is 0 Å². The Kier molecular flexibility index (Phi) is 1.91. The lowest BCUT2D eigenvalue weighted by molar-refractivity contribution is 0.272. The number of ether oxygens (including phenoxy) is 1. The van der Waals surface area contributed by atoms with Crippen molar-refractivity contribution in [2.75, 3.05) is 7.11 Å². The van der Waals surface area contributed by atoms with Gasteiger partial charge in [0.15, 0.2) is 0 Å². The highest BCUT2D eigenvalue weighted by Gasteiger charge is 2.07. The highest BCUT2D eigenvalue weighted by molar-refractivity contribution is 5.28. The van der Waals surface area contributed by atoms with E-state index in [0.717, 1.165) is 11.3 Å². The number of rotatable bonds is 2. The number of hydrogen-bond acceptors (Lipinski definition) is 3. The smallest absolute Gasteiger partial charge is 0.238 e. The maximum Gasteiger partial charge on any atom is 0.238 e. The Morgan fingerprint density at radius 2 is 2.40 bits per heavy atom. The third-order valence-electron chi connectivity index (χ3n) is 1.39. The molecule has 4 nitrogen and oxygen atoms in total. The summed E-state index contributed by atoms with van der Waals surface area (Å²) in [5, 5.41) is 15.3. The molecule has 0 amide bonds. The molecule has 0 aliphatic rings. The average molecular weight is 142 g/mol. The van der Waals surface area contributed by atoms with Gasteiger partial charge in [0, 0.05) is 5.69 Å². The lowest BCUT2D eigenvalue weighted by atomic mass is 10.3. The van der Waals surface area contributed by atoms with Gasteiger partial charge < -0.3 is 9.84 Å².